The van der Waals surface area contributed by atoms with E-state index in [0.29, 0.717) is 16.5 Å². The Morgan fingerprint density at radius 1 is 1.10 bits per heavy atom. The zero-order chi connectivity index (χ0) is 14.7. The minimum Gasteiger partial charge on any atom is -0.495 e. The summed E-state index contributed by atoms with van der Waals surface area (Å²) in [5.41, 5.74) is 8.93. The molecule has 2 aromatic carbocycles. The first-order valence-electron chi connectivity index (χ1n) is 6.35. The number of halogens is 1. The number of hydrogen-bond acceptors (Lipinski definition) is 3. The lowest BCUT2D eigenvalue weighted by atomic mass is 9.99. The van der Waals surface area contributed by atoms with Crippen LogP contribution in [0.15, 0.2) is 36.4 Å². The van der Waals surface area contributed by atoms with Gasteiger partial charge in [-0.1, -0.05) is 29.8 Å². The number of benzene rings is 2. The lowest BCUT2D eigenvalue weighted by molar-refractivity contribution is 0.396. The molecule has 0 heterocycles. The molecular formula is C16H18ClNO2. The van der Waals surface area contributed by atoms with E-state index >= 15 is 0 Å². The number of nitrogens with two attached hydrogens (primary N) is 1. The van der Waals surface area contributed by atoms with Crippen molar-refractivity contribution in [1.29, 1.82) is 0 Å². The van der Waals surface area contributed by atoms with Crippen LogP contribution in [0.5, 0.6) is 11.5 Å². The summed E-state index contributed by atoms with van der Waals surface area (Å²) in [5.74, 6) is 1.20. The number of hydrogen-bond donors (Lipinski definition) is 1. The molecule has 2 aromatic rings. The highest BCUT2D eigenvalue weighted by atomic mass is 35.5. The molecule has 20 heavy (non-hydrogen) atoms. The van der Waals surface area contributed by atoms with E-state index in [1.54, 1.807) is 14.2 Å². The van der Waals surface area contributed by atoms with Crippen molar-refractivity contribution in [3.63, 3.8) is 0 Å². The lowest BCUT2D eigenvalue weighted by Gasteiger charge is -2.14. The van der Waals surface area contributed by atoms with E-state index in [-0.39, 0.29) is 6.04 Å². The predicted octanol–water partition coefficient (Wildman–Crippen LogP) is 4.04. The molecule has 0 aliphatic carbocycles. The van der Waals surface area contributed by atoms with Crippen LogP contribution in [-0.2, 0) is 0 Å². The van der Waals surface area contributed by atoms with Gasteiger partial charge in [-0.15, -0.1) is 0 Å². The molecule has 0 saturated carbocycles. The maximum absolute atomic E-state index is 6.29. The molecule has 0 spiro atoms. The molecule has 0 saturated heterocycles. The smallest absolute Gasteiger partial charge is 0.149 e. The summed E-state index contributed by atoms with van der Waals surface area (Å²) in [6.45, 7) is 1.96. The summed E-state index contributed by atoms with van der Waals surface area (Å²) in [5, 5.41) is 0.471. The molecular weight excluding hydrogens is 274 g/mol. The summed E-state index contributed by atoms with van der Waals surface area (Å²) >= 11 is 6.29. The van der Waals surface area contributed by atoms with Gasteiger partial charge < -0.3 is 15.2 Å². The van der Waals surface area contributed by atoms with E-state index < -0.39 is 0 Å². The van der Waals surface area contributed by atoms with Crippen LogP contribution in [-0.4, -0.2) is 14.2 Å². The Balaban J connectivity index is 2.58. The van der Waals surface area contributed by atoms with E-state index in [1.165, 1.54) is 0 Å². The van der Waals surface area contributed by atoms with Crippen LogP contribution in [0.2, 0.25) is 5.02 Å². The summed E-state index contributed by atoms with van der Waals surface area (Å²) in [7, 11) is 3.18. The molecule has 0 aliphatic rings. The first-order valence-corrected chi connectivity index (χ1v) is 6.72. The molecule has 2 N–H and O–H groups in total. The van der Waals surface area contributed by atoms with Gasteiger partial charge >= 0.3 is 0 Å². The fraction of sp³-hybridized carbons (Fsp3) is 0.250. The van der Waals surface area contributed by atoms with Gasteiger partial charge in [0, 0.05) is 11.6 Å². The molecule has 2 rings (SSSR count). The van der Waals surface area contributed by atoms with Gasteiger partial charge in [0.15, 0.2) is 0 Å². The summed E-state index contributed by atoms with van der Waals surface area (Å²) in [6.07, 6.45) is 0. The summed E-state index contributed by atoms with van der Waals surface area (Å²) in [4.78, 5) is 0. The van der Waals surface area contributed by atoms with Gasteiger partial charge in [0.2, 0.25) is 0 Å². The Morgan fingerprint density at radius 3 is 2.45 bits per heavy atom. The molecule has 1 unspecified atom stereocenters. The topological polar surface area (TPSA) is 44.5 Å². The maximum Gasteiger partial charge on any atom is 0.149 e. The lowest BCUT2D eigenvalue weighted by Crippen LogP contribution is -2.04. The van der Waals surface area contributed by atoms with Crippen LogP contribution < -0.4 is 15.2 Å². The number of methoxy groups -OCH3 is 2. The van der Waals surface area contributed by atoms with Crippen LogP contribution in [0.25, 0.3) is 11.1 Å². The van der Waals surface area contributed by atoms with Gasteiger partial charge in [0.05, 0.1) is 14.2 Å². The zero-order valence-corrected chi connectivity index (χ0v) is 12.6. The second kappa shape index (κ2) is 6.16. The number of ether oxygens (including phenoxy) is 2. The standard InChI is InChI=1S/C16H18ClNO2/c1-10(18)11-5-4-6-12(9-11)13-7-8-14(19-2)15(17)16(13)20-3/h4-10H,18H2,1-3H3. The highest BCUT2D eigenvalue weighted by molar-refractivity contribution is 6.34. The van der Waals surface area contributed by atoms with Crippen molar-refractivity contribution in [1.82, 2.24) is 0 Å². The third kappa shape index (κ3) is 2.74. The van der Waals surface area contributed by atoms with Crippen LogP contribution >= 0.6 is 11.6 Å². The van der Waals surface area contributed by atoms with Gasteiger partial charge in [-0.2, -0.15) is 0 Å². The summed E-state index contributed by atoms with van der Waals surface area (Å²) < 4.78 is 10.6. The van der Waals surface area contributed by atoms with Crippen molar-refractivity contribution >= 4 is 11.6 Å². The maximum atomic E-state index is 6.29. The Hall–Kier alpha value is -1.71. The Bertz CT molecular complexity index is 611. The Morgan fingerprint density at radius 2 is 1.85 bits per heavy atom. The quantitative estimate of drug-likeness (QED) is 0.924. The second-order valence-electron chi connectivity index (χ2n) is 4.58. The van der Waals surface area contributed by atoms with E-state index in [1.807, 2.05) is 43.3 Å². The van der Waals surface area contributed by atoms with Crippen molar-refractivity contribution < 1.29 is 9.47 Å². The van der Waals surface area contributed by atoms with Crippen LogP contribution in [0.3, 0.4) is 0 Å². The normalized spacial score (nSPS) is 12.1. The molecule has 0 aliphatic heterocycles. The van der Waals surface area contributed by atoms with Gasteiger partial charge in [-0.3, -0.25) is 0 Å². The van der Waals surface area contributed by atoms with Crippen molar-refractivity contribution in [3.8, 4) is 22.6 Å². The largest absolute Gasteiger partial charge is 0.495 e. The van der Waals surface area contributed by atoms with Crippen molar-refractivity contribution in [3.05, 3.63) is 47.0 Å². The Kier molecular flexibility index (Phi) is 4.53. The molecule has 0 fully saturated rings. The minimum absolute atomic E-state index is 0.0188. The highest BCUT2D eigenvalue weighted by Gasteiger charge is 2.15. The second-order valence-corrected chi connectivity index (χ2v) is 4.95. The first-order chi connectivity index (χ1) is 9.58. The fourth-order valence-electron chi connectivity index (χ4n) is 2.11. The third-order valence-corrected chi connectivity index (χ3v) is 3.57. The average Bonchev–Trinajstić information content (AvgIpc) is 2.47. The predicted molar refractivity (Wildman–Crippen MR) is 82.6 cm³/mol. The monoisotopic (exact) mass is 291 g/mol. The highest BCUT2D eigenvalue weighted by Crippen LogP contribution is 2.42. The van der Waals surface area contributed by atoms with Crippen LogP contribution in [0, 0.1) is 0 Å². The van der Waals surface area contributed by atoms with E-state index in [9.17, 15) is 0 Å². The SMILES string of the molecule is COc1ccc(-c2cccc(C(C)N)c2)c(OC)c1Cl. The van der Waals surface area contributed by atoms with E-state index in [0.717, 1.165) is 16.7 Å². The molecule has 1 atom stereocenters. The third-order valence-electron chi connectivity index (χ3n) is 3.21. The van der Waals surface area contributed by atoms with E-state index in [2.05, 4.69) is 0 Å². The average molecular weight is 292 g/mol. The van der Waals surface area contributed by atoms with Gasteiger partial charge in [0.25, 0.3) is 0 Å². The molecule has 0 amide bonds. The van der Waals surface area contributed by atoms with Gasteiger partial charge in [-0.05, 0) is 36.2 Å². The van der Waals surface area contributed by atoms with Crippen molar-refractivity contribution in [2.75, 3.05) is 14.2 Å². The molecule has 4 heteroatoms. The minimum atomic E-state index is -0.0188. The molecule has 0 radical (unpaired) electrons. The van der Waals surface area contributed by atoms with Crippen molar-refractivity contribution in [2.45, 2.75) is 13.0 Å². The summed E-state index contributed by atoms with van der Waals surface area (Å²) in [6, 6.07) is 11.8. The molecule has 106 valence electrons. The molecule has 0 aromatic heterocycles. The number of rotatable bonds is 4. The van der Waals surface area contributed by atoms with Gasteiger partial charge in [0.1, 0.15) is 16.5 Å². The molecule has 3 nitrogen and oxygen atoms in total. The fourth-order valence-corrected chi connectivity index (χ4v) is 2.43. The van der Waals surface area contributed by atoms with Gasteiger partial charge in [-0.25, -0.2) is 0 Å². The van der Waals surface area contributed by atoms with Crippen molar-refractivity contribution in [2.24, 2.45) is 5.73 Å². The Labute approximate surface area is 124 Å². The van der Waals surface area contributed by atoms with Crippen LogP contribution in [0.1, 0.15) is 18.5 Å². The first kappa shape index (κ1) is 14.7. The zero-order valence-electron chi connectivity index (χ0n) is 11.8. The van der Waals surface area contributed by atoms with Crippen LogP contribution in [0.4, 0.5) is 0 Å². The van der Waals surface area contributed by atoms with E-state index in [4.69, 9.17) is 26.8 Å². The molecule has 0 bridgehead atoms.